The van der Waals surface area contributed by atoms with Crippen LogP contribution < -0.4 is 0 Å². The van der Waals surface area contributed by atoms with Crippen LogP contribution in [0.3, 0.4) is 0 Å². The molecule has 1 aliphatic carbocycles. The molecule has 1 spiro atoms. The zero-order chi connectivity index (χ0) is 7.95. The van der Waals surface area contributed by atoms with Crippen LogP contribution in [0.5, 0.6) is 0 Å². The Morgan fingerprint density at radius 2 is 1.82 bits per heavy atom. The van der Waals surface area contributed by atoms with E-state index < -0.39 is 0 Å². The summed E-state index contributed by atoms with van der Waals surface area (Å²) in [5, 5.41) is 0. The Morgan fingerprint density at radius 1 is 1.18 bits per heavy atom. The lowest BCUT2D eigenvalue weighted by atomic mass is 9.75. The molecule has 1 heteroatoms. The number of rotatable bonds is 0. The molecule has 0 amide bonds. The molecule has 1 saturated carbocycles. The van der Waals surface area contributed by atoms with Crippen molar-refractivity contribution >= 4 is 0 Å². The first-order chi connectivity index (χ1) is 5.16. The Kier molecular flexibility index (Phi) is 1.33. The SMILES string of the molecule is CC1(C)C=COC12CCCC2. The van der Waals surface area contributed by atoms with Gasteiger partial charge in [0.15, 0.2) is 0 Å². The van der Waals surface area contributed by atoms with Crippen molar-refractivity contribution in [3.05, 3.63) is 12.3 Å². The van der Waals surface area contributed by atoms with E-state index in [2.05, 4.69) is 19.9 Å². The van der Waals surface area contributed by atoms with Crippen molar-refractivity contribution in [1.29, 1.82) is 0 Å². The van der Waals surface area contributed by atoms with Crippen LogP contribution in [0.2, 0.25) is 0 Å². The number of hydrogen-bond donors (Lipinski definition) is 0. The second-order valence-corrected chi connectivity index (χ2v) is 4.34. The van der Waals surface area contributed by atoms with Gasteiger partial charge in [-0.3, -0.25) is 0 Å². The third-order valence-electron chi connectivity index (χ3n) is 3.36. The minimum Gasteiger partial charge on any atom is -0.494 e. The highest BCUT2D eigenvalue weighted by Crippen LogP contribution is 2.50. The number of hydrogen-bond acceptors (Lipinski definition) is 1. The summed E-state index contributed by atoms with van der Waals surface area (Å²) >= 11 is 0. The van der Waals surface area contributed by atoms with Crippen molar-refractivity contribution in [2.75, 3.05) is 0 Å². The Morgan fingerprint density at radius 3 is 2.27 bits per heavy atom. The molecule has 0 atom stereocenters. The van der Waals surface area contributed by atoms with Gasteiger partial charge in [-0.05, 0) is 31.8 Å². The Labute approximate surface area is 68.4 Å². The molecule has 2 rings (SSSR count). The van der Waals surface area contributed by atoms with E-state index in [4.69, 9.17) is 4.74 Å². The fourth-order valence-electron chi connectivity index (χ4n) is 2.35. The lowest BCUT2D eigenvalue weighted by Gasteiger charge is -2.36. The lowest BCUT2D eigenvalue weighted by molar-refractivity contribution is -0.0212. The maximum absolute atomic E-state index is 5.74. The third-order valence-corrected chi connectivity index (χ3v) is 3.36. The van der Waals surface area contributed by atoms with E-state index >= 15 is 0 Å². The van der Waals surface area contributed by atoms with Gasteiger partial charge in [0.2, 0.25) is 0 Å². The smallest absolute Gasteiger partial charge is 0.117 e. The number of ether oxygens (including phenoxy) is 1. The average Bonchev–Trinajstić information content (AvgIpc) is 2.45. The average molecular weight is 152 g/mol. The van der Waals surface area contributed by atoms with Gasteiger partial charge in [-0.25, -0.2) is 0 Å². The molecule has 0 aromatic heterocycles. The van der Waals surface area contributed by atoms with Crippen LogP contribution in [0.25, 0.3) is 0 Å². The van der Waals surface area contributed by atoms with Gasteiger partial charge in [0, 0.05) is 5.41 Å². The first kappa shape index (κ1) is 7.20. The minimum absolute atomic E-state index is 0.174. The van der Waals surface area contributed by atoms with Gasteiger partial charge in [-0.2, -0.15) is 0 Å². The maximum Gasteiger partial charge on any atom is 0.117 e. The summed E-state index contributed by atoms with van der Waals surface area (Å²) in [6, 6.07) is 0. The third kappa shape index (κ3) is 0.831. The highest BCUT2D eigenvalue weighted by molar-refractivity contribution is 5.13. The van der Waals surface area contributed by atoms with E-state index in [9.17, 15) is 0 Å². The summed E-state index contributed by atoms with van der Waals surface area (Å²) in [4.78, 5) is 0. The van der Waals surface area contributed by atoms with Crippen molar-refractivity contribution in [2.45, 2.75) is 45.1 Å². The van der Waals surface area contributed by atoms with Gasteiger partial charge >= 0.3 is 0 Å². The molecule has 11 heavy (non-hydrogen) atoms. The van der Waals surface area contributed by atoms with E-state index in [0.29, 0.717) is 0 Å². The van der Waals surface area contributed by atoms with Crippen LogP contribution in [-0.4, -0.2) is 5.60 Å². The minimum atomic E-state index is 0.174. The first-order valence-corrected chi connectivity index (χ1v) is 4.52. The molecule has 0 aromatic rings. The zero-order valence-electron chi connectivity index (χ0n) is 7.39. The second kappa shape index (κ2) is 2.02. The van der Waals surface area contributed by atoms with E-state index in [1.54, 1.807) is 0 Å². The largest absolute Gasteiger partial charge is 0.494 e. The van der Waals surface area contributed by atoms with E-state index in [1.807, 2.05) is 6.26 Å². The van der Waals surface area contributed by atoms with Gasteiger partial charge in [-0.1, -0.05) is 13.8 Å². The van der Waals surface area contributed by atoms with E-state index in [1.165, 1.54) is 25.7 Å². The summed E-state index contributed by atoms with van der Waals surface area (Å²) in [7, 11) is 0. The van der Waals surface area contributed by atoms with Crippen LogP contribution in [-0.2, 0) is 4.74 Å². The standard InChI is InChI=1S/C10H16O/c1-9(2)7-8-11-10(9)5-3-4-6-10/h7-8H,3-6H2,1-2H3. The van der Waals surface area contributed by atoms with Crippen molar-refractivity contribution in [1.82, 2.24) is 0 Å². The van der Waals surface area contributed by atoms with Crippen molar-refractivity contribution in [3.63, 3.8) is 0 Å². The Balaban J connectivity index is 2.26. The van der Waals surface area contributed by atoms with Crippen LogP contribution >= 0.6 is 0 Å². The predicted molar refractivity (Wildman–Crippen MR) is 45.2 cm³/mol. The lowest BCUT2D eigenvalue weighted by Crippen LogP contribution is -2.38. The summed E-state index contributed by atoms with van der Waals surface area (Å²) in [6.45, 7) is 4.56. The second-order valence-electron chi connectivity index (χ2n) is 4.34. The summed E-state index contributed by atoms with van der Waals surface area (Å²) in [5.41, 5.74) is 0.441. The first-order valence-electron chi connectivity index (χ1n) is 4.52. The maximum atomic E-state index is 5.74. The molecule has 0 unspecified atom stereocenters. The molecule has 0 bridgehead atoms. The molecular formula is C10H16O. The van der Waals surface area contributed by atoms with Gasteiger partial charge in [0.1, 0.15) is 5.60 Å². The molecule has 1 nitrogen and oxygen atoms in total. The fraction of sp³-hybridized carbons (Fsp3) is 0.800. The molecule has 0 N–H and O–H groups in total. The van der Waals surface area contributed by atoms with E-state index in [0.717, 1.165) is 0 Å². The molecule has 0 radical (unpaired) electrons. The topological polar surface area (TPSA) is 9.23 Å². The summed E-state index contributed by atoms with van der Waals surface area (Å²) < 4.78 is 5.74. The molecule has 1 fully saturated rings. The van der Waals surface area contributed by atoms with Crippen molar-refractivity contribution in [3.8, 4) is 0 Å². The molecule has 1 heterocycles. The summed E-state index contributed by atoms with van der Waals surface area (Å²) in [5.74, 6) is 0. The fourth-order valence-corrected chi connectivity index (χ4v) is 2.35. The molecule has 1 aliphatic heterocycles. The molecule has 0 saturated heterocycles. The molecule has 0 aromatic carbocycles. The molecule has 62 valence electrons. The van der Waals surface area contributed by atoms with Gasteiger partial charge in [0.05, 0.1) is 6.26 Å². The molecule has 2 aliphatic rings. The van der Waals surface area contributed by atoms with Gasteiger partial charge < -0.3 is 4.74 Å². The Hall–Kier alpha value is -0.460. The quantitative estimate of drug-likeness (QED) is 0.518. The Bertz CT molecular complexity index is 185. The van der Waals surface area contributed by atoms with Gasteiger partial charge in [0.25, 0.3) is 0 Å². The zero-order valence-corrected chi connectivity index (χ0v) is 7.39. The summed E-state index contributed by atoms with van der Waals surface area (Å²) in [6.07, 6.45) is 9.26. The highest BCUT2D eigenvalue weighted by atomic mass is 16.5. The van der Waals surface area contributed by atoms with Crippen molar-refractivity contribution in [2.24, 2.45) is 5.41 Å². The van der Waals surface area contributed by atoms with Crippen molar-refractivity contribution < 1.29 is 4.74 Å². The van der Waals surface area contributed by atoms with Crippen LogP contribution in [0.4, 0.5) is 0 Å². The predicted octanol–water partition coefficient (Wildman–Crippen LogP) is 2.87. The van der Waals surface area contributed by atoms with Crippen LogP contribution in [0, 0.1) is 5.41 Å². The molecular weight excluding hydrogens is 136 g/mol. The van der Waals surface area contributed by atoms with Gasteiger partial charge in [-0.15, -0.1) is 0 Å². The van der Waals surface area contributed by atoms with Crippen LogP contribution in [0.1, 0.15) is 39.5 Å². The van der Waals surface area contributed by atoms with E-state index in [-0.39, 0.29) is 11.0 Å². The monoisotopic (exact) mass is 152 g/mol. The highest BCUT2D eigenvalue weighted by Gasteiger charge is 2.49. The normalized spacial score (nSPS) is 31.1. The van der Waals surface area contributed by atoms with Crippen LogP contribution in [0.15, 0.2) is 12.3 Å².